The Labute approximate surface area is 111 Å². The Morgan fingerprint density at radius 1 is 1.05 bits per heavy atom. The number of unbranched alkanes of at least 4 members (excludes halogenated alkanes) is 1. The zero-order valence-corrected chi connectivity index (χ0v) is 10.8. The van der Waals surface area contributed by atoms with Crippen molar-refractivity contribution in [2.75, 3.05) is 19.7 Å². The molecule has 0 radical (unpaired) electrons. The van der Waals surface area contributed by atoms with Crippen molar-refractivity contribution in [3.8, 4) is 0 Å². The largest absolute Gasteiger partial charge is 0.394 e. The molecule has 8 N–H and O–H groups in total. The number of hydrogen-bond donors (Lipinski definition) is 7. The van der Waals surface area contributed by atoms with E-state index in [4.69, 9.17) is 15.9 Å². The van der Waals surface area contributed by atoms with Gasteiger partial charge in [-0.05, 0) is 19.4 Å². The molecule has 114 valence electrons. The number of primary amides is 1. The average molecular weight is 280 g/mol. The number of carbonyl (C=O) groups is 1. The summed E-state index contributed by atoms with van der Waals surface area (Å²) in [5, 5.41) is 48.9. The van der Waals surface area contributed by atoms with Crippen LogP contribution in [0.4, 0.5) is 0 Å². The van der Waals surface area contributed by atoms with Gasteiger partial charge < -0.3 is 36.6 Å². The van der Waals surface area contributed by atoms with E-state index in [1.807, 2.05) is 0 Å². The monoisotopic (exact) mass is 280 g/mol. The van der Waals surface area contributed by atoms with Crippen molar-refractivity contribution in [2.45, 2.75) is 43.7 Å². The van der Waals surface area contributed by atoms with Gasteiger partial charge in [0.2, 0.25) is 5.91 Å². The molecule has 0 saturated carbocycles. The highest BCUT2D eigenvalue weighted by Gasteiger charge is 2.29. The van der Waals surface area contributed by atoms with Crippen molar-refractivity contribution >= 4 is 5.91 Å². The van der Waals surface area contributed by atoms with Gasteiger partial charge in [0.15, 0.2) is 0 Å². The van der Waals surface area contributed by atoms with E-state index in [1.165, 1.54) is 0 Å². The van der Waals surface area contributed by atoms with Crippen molar-refractivity contribution in [3.05, 3.63) is 0 Å². The zero-order valence-electron chi connectivity index (χ0n) is 10.8. The number of aliphatic hydroxyl groups is 5. The van der Waals surface area contributed by atoms with Crippen molar-refractivity contribution in [2.24, 2.45) is 5.73 Å². The van der Waals surface area contributed by atoms with E-state index in [2.05, 4.69) is 5.32 Å². The Balaban J connectivity index is 3.73. The average Bonchev–Trinajstić information content (AvgIpc) is 2.39. The second-order valence-corrected chi connectivity index (χ2v) is 4.43. The fraction of sp³-hybridized carbons (Fsp3) is 0.909. The molecule has 8 nitrogen and oxygen atoms in total. The van der Waals surface area contributed by atoms with Gasteiger partial charge in [-0.1, -0.05) is 0 Å². The van der Waals surface area contributed by atoms with Crippen LogP contribution in [0.2, 0.25) is 0 Å². The second-order valence-electron chi connectivity index (χ2n) is 4.43. The molecule has 0 aromatic rings. The van der Waals surface area contributed by atoms with Crippen LogP contribution in [0.3, 0.4) is 0 Å². The minimum Gasteiger partial charge on any atom is -0.394 e. The van der Waals surface area contributed by atoms with E-state index in [0.29, 0.717) is 25.8 Å². The van der Waals surface area contributed by atoms with E-state index in [0.717, 1.165) is 0 Å². The van der Waals surface area contributed by atoms with Crippen molar-refractivity contribution in [3.63, 3.8) is 0 Å². The number of carbonyl (C=O) groups excluding carboxylic acids is 1. The van der Waals surface area contributed by atoms with Gasteiger partial charge in [0.25, 0.3) is 0 Å². The number of amides is 1. The number of aliphatic hydroxyl groups excluding tert-OH is 5. The lowest BCUT2D eigenvalue weighted by Crippen LogP contribution is -2.49. The van der Waals surface area contributed by atoms with Gasteiger partial charge in [0, 0.05) is 13.0 Å². The number of nitrogens with two attached hydrogens (primary N) is 1. The first-order valence-corrected chi connectivity index (χ1v) is 6.22. The summed E-state index contributed by atoms with van der Waals surface area (Å²) in [5.41, 5.74) is 4.97. The molecule has 0 aromatic heterocycles. The van der Waals surface area contributed by atoms with Crippen LogP contribution in [-0.2, 0) is 4.79 Å². The first-order chi connectivity index (χ1) is 8.90. The van der Waals surface area contributed by atoms with E-state index in [-0.39, 0.29) is 12.5 Å². The predicted molar refractivity (Wildman–Crippen MR) is 67.0 cm³/mol. The predicted octanol–water partition coefficient (Wildman–Crippen LogP) is -3.33. The summed E-state index contributed by atoms with van der Waals surface area (Å²) in [6.45, 7) is -0.159. The summed E-state index contributed by atoms with van der Waals surface area (Å²) >= 11 is 0. The molecule has 0 rings (SSSR count). The Morgan fingerprint density at radius 2 is 1.63 bits per heavy atom. The zero-order chi connectivity index (χ0) is 14.8. The van der Waals surface area contributed by atoms with E-state index >= 15 is 0 Å². The highest BCUT2D eigenvalue weighted by molar-refractivity contribution is 5.73. The SMILES string of the molecule is NC(=O)CCCCNCC(O)C(O)C(O)C(O)CO. The van der Waals surface area contributed by atoms with Gasteiger partial charge >= 0.3 is 0 Å². The molecule has 4 unspecified atom stereocenters. The van der Waals surface area contributed by atoms with Crippen molar-refractivity contribution in [1.82, 2.24) is 5.32 Å². The molecule has 0 aliphatic heterocycles. The first-order valence-electron chi connectivity index (χ1n) is 6.22. The lowest BCUT2D eigenvalue weighted by atomic mass is 10.0. The summed E-state index contributed by atoms with van der Waals surface area (Å²) in [6, 6.07) is 0. The van der Waals surface area contributed by atoms with Crippen LogP contribution in [0.5, 0.6) is 0 Å². The molecule has 8 heteroatoms. The normalized spacial score (nSPS) is 17.7. The number of hydrogen-bond acceptors (Lipinski definition) is 7. The molecule has 19 heavy (non-hydrogen) atoms. The van der Waals surface area contributed by atoms with Crippen LogP contribution in [0.1, 0.15) is 19.3 Å². The minimum absolute atomic E-state index is 0.0208. The van der Waals surface area contributed by atoms with E-state index in [9.17, 15) is 20.1 Å². The van der Waals surface area contributed by atoms with Gasteiger partial charge in [-0.2, -0.15) is 0 Å². The third-order valence-electron chi connectivity index (χ3n) is 2.71. The molecule has 0 spiro atoms. The molecule has 0 aliphatic rings. The minimum atomic E-state index is -1.61. The van der Waals surface area contributed by atoms with Crippen LogP contribution >= 0.6 is 0 Å². The maximum Gasteiger partial charge on any atom is 0.217 e. The van der Waals surface area contributed by atoms with E-state index in [1.54, 1.807) is 0 Å². The molecular formula is C11H24N2O6. The molecule has 0 saturated heterocycles. The highest BCUT2D eigenvalue weighted by atomic mass is 16.4. The van der Waals surface area contributed by atoms with Crippen LogP contribution in [0, 0.1) is 0 Å². The molecule has 0 aliphatic carbocycles. The summed E-state index contributed by atoms with van der Waals surface area (Å²) < 4.78 is 0. The van der Waals surface area contributed by atoms with Crippen molar-refractivity contribution in [1.29, 1.82) is 0 Å². The number of rotatable bonds is 11. The topological polar surface area (TPSA) is 156 Å². The summed E-state index contributed by atoms with van der Waals surface area (Å²) in [5.74, 6) is -0.364. The van der Waals surface area contributed by atoms with E-state index < -0.39 is 31.0 Å². The lowest BCUT2D eigenvalue weighted by Gasteiger charge is -2.25. The Morgan fingerprint density at radius 3 is 2.16 bits per heavy atom. The highest BCUT2D eigenvalue weighted by Crippen LogP contribution is 2.04. The molecule has 0 heterocycles. The van der Waals surface area contributed by atoms with Gasteiger partial charge in [0.1, 0.15) is 18.3 Å². The van der Waals surface area contributed by atoms with Crippen LogP contribution in [-0.4, -0.2) is 75.6 Å². The third kappa shape index (κ3) is 8.09. The maximum absolute atomic E-state index is 10.5. The van der Waals surface area contributed by atoms with Crippen LogP contribution in [0.25, 0.3) is 0 Å². The fourth-order valence-corrected chi connectivity index (χ4v) is 1.48. The molecule has 1 amide bonds. The van der Waals surface area contributed by atoms with Crippen molar-refractivity contribution < 1.29 is 30.3 Å². The van der Waals surface area contributed by atoms with Gasteiger partial charge in [0.05, 0.1) is 12.7 Å². The Hall–Kier alpha value is -0.770. The Kier molecular flexibility index (Phi) is 9.66. The second kappa shape index (κ2) is 10.1. The van der Waals surface area contributed by atoms with Gasteiger partial charge in [-0.3, -0.25) is 4.79 Å². The van der Waals surface area contributed by atoms with Gasteiger partial charge in [-0.15, -0.1) is 0 Å². The van der Waals surface area contributed by atoms with Gasteiger partial charge in [-0.25, -0.2) is 0 Å². The number of nitrogens with one attached hydrogen (secondary N) is 1. The molecule has 0 aromatic carbocycles. The quantitative estimate of drug-likeness (QED) is 0.195. The summed E-state index contributed by atoms with van der Waals surface area (Å²) in [7, 11) is 0. The molecular weight excluding hydrogens is 256 g/mol. The summed E-state index contributed by atoms with van der Waals surface area (Å²) in [4.78, 5) is 10.5. The lowest BCUT2D eigenvalue weighted by molar-refractivity contribution is -0.118. The molecule has 4 atom stereocenters. The first kappa shape index (κ1) is 18.2. The third-order valence-corrected chi connectivity index (χ3v) is 2.71. The fourth-order valence-electron chi connectivity index (χ4n) is 1.48. The maximum atomic E-state index is 10.5. The summed E-state index contributed by atoms with van der Waals surface area (Å²) in [6.07, 6.45) is -4.32. The van der Waals surface area contributed by atoms with Crippen LogP contribution in [0.15, 0.2) is 0 Å². The standard InChI is InChI=1S/C11H24N2O6/c12-9(17)3-1-2-4-13-5-7(15)10(18)11(19)8(16)6-14/h7-8,10-11,13-16,18-19H,1-6H2,(H2,12,17). The molecule has 0 bridgehead atoms. The van der Waals surface area contributed by atoms with Crippen LogP contribution < -0.4 is 11.1 Å². The Bertz CT molecular complexity index is 253. The molecule has 0 fully saturated rings. The smallest absolute Gasteiger partial charge is 0.217 e.